The third-order valence-electron chi connectivity index (χ3n) is 3.82. The number of halogens is 1. The molecule has 0 bridgehead atoms. The summed E-state index contributed by atoms with van der Waals surface area (Å²) in [7, 11) is 0. The van der Waals surface area contributed by atoms with Crippen LogP contribution >= 0.6 is 11.6 Å². The fourth-order valence-corrected chi connectivity index (χ4v) is 2.84. The van der Waals surface area contributed by atoms with Gasteiger partial charge in [-0.15, -0.1) is 0 Å². The number of nitrogens with one attached hydrogen (secondary N) is 1. The molecule has 3 rings (SSSR count). The van der Waals surface area contributed by atoms with E-state index in [1.54, 1.807) is 0 Å². The summed E-state index contributed by atoms with van der Waals surface area (Å²) in [5.74, 6) is 0. The predicted octanol–water partition coefficient (Wildman–Crippen LogP) is 2.31. The maximum atomic E-state index is 6.21. The molecule has 0 atom stereocenters. The van der Waals surface area contributed by atoms with Gasteiger partial charge in [-0.2, -0.15) is 0 Å². The number of nitrogens with zero attached hydrogens (tertiary/aromatic N) is 2. The van der Waals surface area contributed by atoms with E-state index in [4.69, 9.17) is 16.3 Å². The number of pyridine rings is 1. The van der Waals surface area contributed by atoms with Gasteiger partial charge in [0.1, 0.15) is 0 Å². The number of benzene rings is 1. The summed E-state index contributed by atoms with van der Waals surface area (Å²) in [6.45, 7) is 6.62. The zero-order valence-electron chi connectivity index (χ0n) is 12.0. The topological polar surface area (TPSA) is 37.4 Å². The van der Waals surface area contributed by atoms with E-state index in [1.165, 1.54) is 5.56 Å². The summed E-state index contributed by atoms with van der Waals surface area (Å²) in [4.78, 5) is 6.88. The van der Waals surface area contributed by atoms with Crippen molar-refractivity contribution in [3.63, 3.8) is 0 Å². The third-order valence-corrected chi connectivity index (χ3v) is 4.15. The Kier molecular flexibility index (Phi) is 5.04. The van der Waals surface area contributed by atoms with E-state index in [1.807, 2.05) is 24.4 Å². The van der Waals surface area contributed by atoms with Crippen LogP contribution in [0.25, 0.3) is 10.9 Å². The standard InChI is InChI=1S/C16H20ClN3O/c17-15-4-3-13(16-14(15)2-1-5-19-16)12-18-6-7-20-8-10-21-11-9-20/h1-5,18H,6-12H2. The van der Waals surface area contributed by atoms with Crippen LogP contribution in [0.15, 0.2) is 30.5 Å². The molecule has 1 saturated heterocycles. The smallest absolute Gasteiger partial charge is 0.0761 e. The average molecular weight is 306 g/mol. The summed E-state index contributed by atoms with van der Waals surface area (Å²) in [5, 5.41) is 5.27. The molecular weight excluding hydrogens is 286 g/mol. The van der Waals surface area contributed by atoms with Crippen molar-refractivity contribution in [2.24, 2.45) is 0 Å². The SMILES string of the molecule is Clc1ccc(CNCCN2CCOCC2)c2ncccc12. The first-order valence-electron chi connectivity index (χ1n) is 7.37. The van der Waals surface area contributed by atoms with Crippen molar-refractivity contribution in [2.75, 3.05) is 39.4 Å². The zero-order chi connectivity index (χ0) is 14.5. The minimum atomic E-state index is 0.759. The van der Waals surface area contributed by atoms with E-state index in [0.29, 0.717) is 0 Å². The first kappa shape index (κ1) is 14.7. The monoisotopic (exact) mass is 305 g/mol. The van der Waals surface area contributed by atoms with E-state index >= 15 is 0 Å². The van der Waals surface area contributed by atoms with Crippen LogP contribution in [-0.4, -0.2) is 49.3 Å². The normalized spacial score (nSPS) is 16.4. The Bertz CT molecular complexity index is 599. The number of rotatable bonds is 5. The number of hydrogen-bond donors (Lipinski definition) is 1. The number of aromatic nitrogens is 1. The molecule has 21 heavy (non-hydrogen) atoms. The lowest BCUT2D eigenvalue weighted by Crippen LogP contribution is -2.40. The molecule has 0 unspecified atom stereocenters. The van der Waals surface area contributed by atoms with Gasteiger partial charge in [0.2, 0.25) is 0 Å². The molecule has 1 aliphatic heterocycles. The Balaban J connectivity index is 1.57. The molecule has 1 aromatic heterocycles. The molecule has 2 heterocycles. The van der Waals surface area contributed by atoms with Gasteiger partial charge in [0.25, 0.3) is 0 Å². The van der Waals surface area contributed by atoms with E-state index in [9.17, 15) is 0 Å². The average Bonchev–Trinajstić information content (AvgIpc) is 2.55. The van der Waals surface area contributed by atoms with Crippen LogP contribution < -0.4 is 5.32 Å². The minimum absolute atomic E-state index is 0.759. The number of fused-ring (bicyclic) bond motifs is 1. The highest BCUT2D eigenvalue weighted by atomic mass is 35.5. The van der Waals surface area contributed by atoms with Gasteiger partial charge in [0.05, 0.1) is 18.7 Å². The molecule has 1 fully saturated rings. The van der Waals surface area contributed by atoms with E-state index in [-0.39, 0.29) is 0 Å². The van der Waals surface area contributed by atoms with Crippen LogP contribution in [0.4, 0.5) is 0 Å². The molecule has 112 valence electrons. The van der Waals surface area contributed by atoms with Crippen LogP contribution in [0, 0.1) is 0 Å². The lowest BCUT2D eigenvalue weighted by atomic mass is 10.1. The van der Waals surface area contributed by atoms with E-state index < -0.39 is 0 Å². The highest BCUT2D eigenvalue weighted by Gasteiger charge is 2.09. The van der Waals surface area contributed by atoms with Crippen molar-refractivity contribution < 1.29 is 4.74 Å². The van der Waals surface area contributed by atoms with Gasteiger partial charge < -0.3 is 10.1 Å². The molecule has 1 aliphatic rings. The first-order valence-corrected chi connectivity index (χ1v) is 7.75. The lowest BCUT2D eigenvalue weighted by Gasteiger charge is -2.26. The predicted molar refractivity (Wildman–Crippen MR) is 85.7 cm³/mol. The fourth-order valence-electron chi connectivity index (χ4n) is 2.62. The van der Waals surface area contributed by atoms with Gasteiger partial charge >= 0.3 is 0 Å². The van der Waals surface area contributed by atoms with Crippen LogP contribution in [0.3, 0.4) is 0 Å². The molecular formula is C16H20ClN3O. The second kappa shape index (κ2) is 7.18. The molecule has 1 N–H and O–H groups in total. The van der Waals surface area contributed by atoms with Crippen molar-refractivity contribution in [1.29, 1.82) is 0 Å². The summed E-state index contributed by atoms with van der Waals surface area (Å²) in [5.41, 5.74) is 2.18. The Morgan fingerprint density at radius 3 is 2.95 bits per heavy atom. The van der Waals surface area contributed by atoms with Gasteiger partial charge in [-0.3, -0.25) is 9.88 Å². The number of ether oxygens (including phenoxy) is 1. The van der Waals surface area contributed by atoms with Crippen molar-refractivity contribution in [3.8, 4) is 0 Å². The first-order chi connectivity index (χ1) is 10.3. The Labute approximate surface area is 130 Å². The summed E-state index contributed by atoms with van der Waals surface area (Å²) >= 11 is 6.21. The molecule has 5 heteroatoms. The maximum absolute atomic E-state index is 6.21. The molecule has 0 radical (unpaired) electrons. The molecule has 0 saturated carbocycles. The van der Waals surface area contributed by atoms with Gasteiger partial charge in [-0.1, -0.05) is 17.7 Å². The van der Waals surface area contributed by atoms with Gasteiger partial charge in [-0.05, 0) is 23.8 Å². The molecule has 4 nitrogen and oxygen atoms in total. The molecule has 0 aliphatic carbocycles. The molecule has 0 spiro atoms. The van der Waals surface area contributed by atoms with E-state index in [0.717, 1.165) is 61.9 Å². The largest absolute Gasteiger partial charge is 0.379 e. The number of morpholine rings is 1. The van der Waals surface area contributed by atoms with Gasteiger partial charge in [0.15, 0.2) is 0 Å². The zero-order valence-corrected chi connectivity index (χ0v) is 12.8. The highest BCUT2D eigenvalue weighted by molar-refractivity contribution is 6.35. The Morgan fingerprint density at radius 2 is 2.10 bits per heavy atom. The second-order valence-electron chi connectivity index (χ2n) is 5.24. The Hall–Kier alpha value is -1.20. The fraction of sp³-hybridized carbons (Fsp3) is 0.438. The highest BCUT2D eigenvalue weighted by Crippen LogP contribution is 2.24. The maximum Gasteiger partial charge on any atom is 0.0761 e. The van der Waals surface area contributed by atoms with Crippen LogP contribution in [-0.2, 0) is 11.3 Å². The van der Waals surface area contributed by atoms with E-state index in [2.05, 4.69) is 21.3 Å². The molecule has 0 amide bonds. The van der Waals surface area contributed by atoms with Crippen molar-refractivity contribution in [2.45, 2.75) is 6.54 Å². The van der Waals surface area contributed by atoms with Crippen molar-refractivity contribution in [3.05, 3.63) is 41.0 Å². The third kappa shape index (κ3) is 3.71. The quantitative estimate of drug-likeness (QED) is 0.860. The number of hydrogen-bond acceptors (Lipinski definition) is 4. The summed E-state index contributed by atoms with van der Waals surface area (Å²) in [6, 6.07) is 7.94. The lowest BCUT2D eigenvalue weighted by molar-refractivity contribution is 0.0384. The van der Waals surface area contributed by atoms with Crippen LogP contribution in [0.1, 0.15) is 5.56 Å². The molecule has 2 aromatic rings. The summed E-state index contributed by atoms with van der Waals surface area (Å²) < 4.78 is 5.35. The van der Waals surface area contributed by atoms with Crippen LogP contribution in [0.5, 0.6) is 0 Å². The summed E-state index contributed by atoms with van der Waals surface area (Å²) in [6.07, 6.45) is 1.82. The molecule has 1 aromatic carbocycles. The van der Waals surface area contributed by atoms with Crippen molar-refractivity contribution in [1.82, 2.24) is 15.2 Å². The van der Waals surface area contributed by atoms with Crippen LogP contribution in [0.2, 0.25) is 5.02 Å². The van der Waals surface area contributed by atoms with Gasteiger partial charge in [-0.25, -0.2) is 0 Å². The van der Waals surface area contributed by atoms with Gasteiger partial charge in [0, 0.05) is 49.3 Å². The van der Waals surface area contributed by atoms with Crippen molar-refractivity contribution >= 4 is 22.5 Å². The second-order valence-corrected chi connectivity index (χ2v) is 5.64. The minimum Gasteiger partial charge on any atom is -0.379 e. The Morgan fingerprint density at radius 1 is 1.24 bits per heavy atom.